The summed E-state index contributed by atoms with van der Waals surface area (Å²) in [7, 11) is 0. The van der Waals surface area contributed by atoms with Crippen LogP contribution in [0.3, 0.4) is 0 Å². The summed E-state index contributed by atoms with van der Waals surface area (Å²) >= 11 is 1.64. The molecule has 118 valence electrons. The van der Waals surface area contributed by atoms with Crippen molar-refractivity contribution in [2.75, 3.05) is 5.32 Å². The molecule has 0 radical (unpaired) electrons. The molecule has 24 heavy (non-hydrogen) atoms. The van der Waals surface area contributed by atoms with E-state index in [0.29, 0.717) is 5.52 Å². The summed E-state index contributed by atoms with van der Waals surface area (Å²) in [4.78, 5) is 9.77. The van der Waals surface area contributed by atoms with Crippen molar-refractivity contribution in [3.8, 4) is 5.75 Å². The van der Waals surface area contributed by atoms with E-state index in [1.54, 1.807) is 23.7 Å². The van der Waals surface area contributed by atoms with E-state index in [4.69, 9.17) is 0 Å². The zero-order valence-corrected chi connectivity index (χ0v) is 13.6. The second-order valence-electron chi connectivity index (χ2n) is 5.39. The van der Waals surface area contributed by atoms with Crippen molar-refractivity contribution < 1.29 is 5.11 Å². The van der Waals surface area contributed by atoms with Crippen molar-refractivity contribution in [2.24, 2.45) is 0 Å². The van der Waals surface area contributed by atoms with Crippen molar-refractivity contribution in [2.45, 2.75) is 6.04 Å². The Balaban J connectivity index is 1.83. The minimum Gasteiger partial charge on any atom is -0.505 e. The molecule has 0 fully saturated rings. The first-order valence-electron chi connectivity index (χ1n) is 7.60. The van der Waals surface area contributed by atoms with Crippen molar-refractivity contribution in [1.82, 2.24) is 9.97 Å². The van der Waals surface area contributed by atoms with Crippen LogP contribution in [0.15, 0.2) is 72.4 Å². The number of fused-ring (bicyclic) bond motifs is 1. The quantitative estimate of drug-likeness (QED) is 0.573. The number of anilines is 1. The van der Waals surface area contributed by atoms with Crippen LogP contribution >= 0.6 is 11.3 Å². The Morgan fingerprint density at radius 3 is 2.62 bits per heavy atom. The van der Waals surface area contributed by atoms with Gasteiger partial charge in [0, 0.05) is 28.2 Å². The Morgan fingerprint density at radius 2 is 1.83 bits per heavy atom. The molecule has 0 spiro atoms. The highest BCUT2D eigenvalue weighted by Crippen LogP contribution is 2.37. The van der Waals surface area contributed by atoms with Gasteiger partial charge >= 0.3 is 0 Å². The number of phenolic OH excluding ortho intramolecular Hbond substituents is 1. The topological polar surface area (TPSA) is 58.0 Å². The SMILES string of the molecule is Oc1c([C@H](Nc2ccccn2)c2cccs2)ccc2cccnc12. The lowest BCUT2D eigenvalue weighted by molar-refractivity contribution is 0.472. The normalized spacial score (nSPS) is 12.2. The largest absolute Gasteiger partial charge is 0.505 e. The lowest BCUT2D eigenvalue weighted by Gasteiger charge is -2.20. The molecule has 0 bridgehead atoms. The Bertz CT molecular complexity index is 955. The Hall–Kier alpha value is -2.92. The first-order valence-corrected chi connectivity index (χ1v) is 8.48. The molecular formula is C19H15N3OS. The molecule has 4 aromatic rings. The van der Waals surface area contributed by atoms with Gasteiger partial charge in [-0.15, -0.1) is 11.3 Å². The van der Waals surface area contributed by atoms with Crippen LogP contribution in [0.1, 0.15) is 16.5 Å². The molecule has 5 heteroatoms. The third-order valence-corrected chi connectivity index (χ3v) is 4.81. The number of nitrogens with one attached hydrogen (secondary N) is 1. The maximum Gasteiger partial charge on any atom is 0.147 e. The van der Waals surface area contributed by atoms with Gasteiger partial charge in [-0.1, -0.05) is 30.3 Å². The summed E-state index contributed by atoms with van der Waals surface area (Å²) in [5.41, 5.74) is 1.40. The first-order chi connectivity index (χ1) is 11.8. The van der Waals surface area contributed by atoms with Crippen LogP contribution in [-0.4, -0.2) is 15.1 Å². The van der Waals surface area contributed by atoms with E-state index >= 15 is 0 Å². The fourth-order valence-corrected chi connectivity index (χ4v) is 3.53. The Morgan fingerprint density at radius 1 is 0.917 bits per heavy atom. The van der Waals surface area contributed by atoms with Gasteiger partial charge in [-0.05, 0) is 29.6 Å². The molecule has 0 aliphatic heterocycles. The van der Waals surface area contributed by atoms with E-state index in [1.807, 2.05) is 60.0 Å². The molecule has 0 amide bonds. The molecule has 2 N–H and O–H groups in total. The van der Waals surface area contributed by atoms with Crippen molar-refractivity contribution in [1.29, 1.82) is 0 Å². The molecule has 0 saturated carbocycles. The molecule has 0 aliphatic rings. The van der Waals surface area contributed by atoms with Crippen LogP contribution in [0.2, 0.25) is 0 Å². The van der Waals surface area contributed by atoms with Crippen LogP contribution in [0.4, 0.5) is 5.82 Å². The average molecular weight is 333 g/mol. The van der Waals surface area contributed by atoms with Gasteiger partial charge in [-0.2, -0.15) is 0 Å². The number of aromatic hydroxyl groups is 1. The van der Waals surface area contributed by atoms with E-state index < -0.39 is 0 Å². The Labute approximate surface area is 143 Å². The summed E-state index contributed by atoms with van der Waals surface area (Å²) in [5, 5.41) is 17.1. The number of rotatable bonds is 4. The predicted octanol–water partition coefficient (Wildman–Crippen LogP) is 4.60. The number of phenols is 1. The van der Waals surface area contributed by atoms with Crippen molar-refractivity contribution in [3.63, 3.8) is 0 Å². The first kappa shape index (κ1) is 14.7. The number of pyridine rings is 2. The highest BCUT2D eigenvalue weighted by Gasteiger charge is 2.21. The number of aromatic nitrogens is 2. The number of thiophene rings is 1. The molecule has 1 aromatic carbocycles. The number of hydrogen-bond acceptors (Lipinski definition) is 5. The highest BCUT2D eigenvalue weighted by molar-refractivity contribution is 7.10. The van der Waals surface area contributed by atoms with E-state index in [1.165, 1.54) is 0 Å². The summed E-state index contributed by atoms with van der Waals surface area (Å²) in [6.45, 7) is 0. The van der Waals surface area contributed by atoms with Gasteiger partial charge in [0.05, 0.1) is 6.04 Å². The number of benzene rings is 1. The minimum absolute atomic E-state index is 0.189. The molecule has 4 rings (SSSR count). The standard InChI is InChI=1S/C19H15N3OS/c23-19-14(9-8-13-5-3-11-21-17(13)19)18(15-6-4-12-24-15)22-16-7-1-2-10-20-16/h1-12,18,23H,(H,20,22)/t18-/m0/s1. The van der Waals surface area contributed by atoms with Gasteiger partial charge in [0.1, 0.15) is 17.1 Å². The van der Waals surface area contributed by atoms with Gasteiger partial charge in [0.2, 0.25) is 0 Å². The fourth-order valence-electron chi connectivity index (χ4n) is 2.73. The molecular weight excluding hydrogens is 318 g/mol. The molecule has 0 aliphatic carbocycles. The monoisotopic (exact) mass is 333 g/mol. The van der Waals surface area contributed by atoms with Crippen LogP contribution < -0.4 is 5.32 Å². The van der Waals surface area contributed by atoms with Crippen LogP contribution in [0.5, 0.6) is 5.75 Å². The molecule has 3 aromatic heterocycles. The van der Waals surface area contributed by atoms with E-state index in [-0.39, 0.29) is 11.8 Å². The lowest BCUT2D eigenvalue weighted by Crippen LogP contribution is -2.12. The van der Waals surface area contributed by atoms with Gasteiger partial charge in [-0.3, -0.25) is 4.98 Å². The second-order valence-corrected chi connectivity index (χ2v) is 6.37. The number of nitrogens with zero attached hydrogens (tertiary/aromatic N) is 2. The zero-order valence-electron chi connectivity index (χ0n) is 12.8. The van der Waals surface area contributed by atoms with Gasteiger partial charge in [0.25, 0.3) is 0 Å². The third kappa shape index (κ3) is 2.70. The van der Waals surface area contributed by atoms with Gasteiger partial charge < -0.3 is 10.4 Å². The van der Waals surface area contributed by atoms with Gasteiger partial charge in [0.15, 0.2) is 0 Å². The molecule has 1 atom stereocenters. The second kappa shape index (κ2) is 6.29. The molecule has 4 nitrogen and oxygen atoms in total. The summed E-state index contributed by atoms with van der Waals surface area (Å²) < 4.78 is 0. The van der Waals surface area contributed by atoms with Crippen LogP contribution in [-0.2, 0) is 0 Å². The predicted molar refractivity (Wildman–Crippen MR) is 97.4 cm³/mol. The lowest BCUT2D eigenvalue weighted by atomic mass is 10.0. The van der Waals surface area contributed by atoms with E-state index in [0.717, 1.165) is 21.6 Å². The molecule has 0 saturated heterocycles. The van der Waals surface area contributed by atoms with Crippen LogP contribution in [0, 0.1) is 0 Å². The molecule has 3 heterocycles. The van der Waals surface area contributed by atoms with Crippen molar-refractivity contribution >= 4 is 28.1 Å². The zero-order chi connectivity index (χ0) is 16.4. The molecule has 0 unspecified atom stereocenters. The summed E-state index contributed by atoms with van der Waals surface area (Å²) in [6.07, 6.45) is 3.44. The maximum absolute atomic E-state index is 10.8. The average Bonchev–Trinajstić information content (AvgIpc) is 3.16. The van der Waals surface area contributed by atoms with Crippen molar-refractivity contribution in [3.05, 3.63) is 82.8 Å². The minimum atomic E-state index is -0.189. The van der Waals surface area contributed by atoms with Gasteiger partial charge in [-0.25, -0.2) is 4.98 Å². The Kier molecular flexibility index (Phi) is 3.84. The fraction of sp³-hybridized carbons (Fsp3) is 0.0526. The smallest absolute Gasteiger partial charge is 0.147 e. The summed E-state index contributed by atoms with van der Waals surface area (Å²) in [5.74, 6) is 0.964. The van der Waals surface area contributed by atoms with E-state index in [2.05, 4.69) is 15.3 Å². The third-order valence-electron chi connectivity index (χ3n) is 3.87. The maximum atomic E-state index is 10.8. The van der Waals surface area contributed by atoms with Crippen LogP contribution in [0.25, 0.3) is 10.9 Å². The number of hydrogen-bond donors (Lipinski definition) is 2. The van der Waals surface area contributed by atoms with E-state index in [9.17, 15) is 5.11 Å². The highest BCUT2D eigenvalue weighted by atomic mass is 32.1. The summed E-state index contributed by atoms with van der Waals surface area (Å²) in [6, 6.07) is 17.3.